The van der Waals surface area contributed by atoms with Gasteiger partial charge in [-0.05, 0) is 31.1 Å². The number of carbonyl (C=O) groups excluding carboxylic acids is 3. The van der Waals surface area contributed by atoms with Crippen molar-refractivity contribution in [1.29, 1.82) is 0 Å². The summed E-state index contributed by atoms with van der Waals surface area (Å²) >= 11 is 0. The molecular weight excluding hydrogens is 216 g/mol. The summed E-state index contributed by atoms with van der Waals surface area (Å²) in [7, 11) is 0. The summed E-state index contributed by atoms with van der Waals surface area (Å²) in [5, 5.41) is 0. The van der Waals surface area contributed by atoms with Gasteiger partial charge in [-0.15, -0.1) is 0 Å². The van der Waals surface area contributed by atoms with Gasteiger partial charge in [-0.2, -0.15) is 0 Å². The number of allylic oxidation sites excluding steroid dienone is 6. The Kier molecular flexibility index (Phi) is 2.69. The average molecular weight is 230 g/mol. The van der Waals surface area contributed by atoms with E-state index in [0.717, 1.165) is 0 Å². The topological polar surface area (TPSA) is 51.2 Å². The van der Waals surface area contributed by atoms with E-state index in [1.54, 1.807) is 6.08 Å². The summed E-state index contributed by atoms with van der Waals surface area (Å²) in [4.78, 5) is 35.5. The molecule has 0 unspecified atom stereocenters. The van der Waals surface area contributed by atoms with E-state index in [1.807, 2.05) is 13.8 Å². The number of ketones is 3. The zero-order valence-corrected chi connectivity index (χ0v) is 9.95. The van der Waals surface area contributed by atoms with E-state index >= 15 is 0 Å². The predicted octanol–water partition coefficient (Wildman–Crippen LogP) is 1.94. The Balaban J connectivity index is 2.69. The van der Waals surface area contributed by atoms with E-state index in [4.69, 9.17) is 0 Å². The molecule has 0 radical (unpaired) electrons. The largest absolute Gasteiger partial charge is 0.290 e. The van der Waals surface area contributed by atoms with Crippen LogP contribution in [0, 0.1) is 5.41 Å². The van der Waals surface area contributed by atoms with Crippen molar-refractivity contribution in [3.63, 3.8) is 0 Å². The zero-order chi connectivity index (χ0) is 12.6. The van der Waals surface area contributed by atoms with Crippen molar-refractivity contribution in [1.82, 2.24) is 0 Å². The molecule has 0 saturated carbocycles. The molecule has 0 spiro atoms. The third-order valence-electron chi connectivity index (χ3n) is 3.69. The lowest BCUT2D eigenvalue weighted by atomic mass is 9.66. The average Bonchev–Trinajstić information content (AvgIpc) is 2.34. The molecule has 88 valence electrons. The van der Waals surface area contributed by atoms with Crippen LogP contribution in [-0.2, 0) is 14.4 Å². The Hall–Kier alpha value is -1.77. The minimum absolute atomic E-state index is 0.0729. The molecule has 0 bridgehead atoms. The summed E-state index contributed by atoms with van der Waals surface area (Å²) in [6.45, 7) is 3.93. The zero-order valence-electron chi connectivity index (χ0n) is 9.95. The third-order valence-corrected chi connectivity index (χ3v) is 3.69. The molecule has 0 aromatic carbocycles. The lowest BCUT2D eigenvalue weighted by Gasteiger charge is -2.34. The van der Waals surface area contributed by atoms with Crippen molar-refractivity contribution >= 4 is 17.3 Å². The van der Waals surface area contributed by atoms with Crippen LogP contribution in [0.1, 0.15) is 26.7 Å². The minimum atomic E-state index is -0.458. The molecule has 0 aliphatic heterocycles. The smallest absolute Gasteiger partial charge is 0.190 e. The maximum atomic E-state index is 12.0. The van der Waals surface area contributed by atoms with Crippen molar-refractivity contribution in [2.24, 2.45) is 5.41 Å². The number of hydrogen-bond donors (Lipinski definition) is 0. The molecule has 2 rings (SSSR count). The predicted molar refractivity (Wildman–Crippen MR) is 63.3 cm³/mol. The maximum absolute atomic E-state index is 12.0. The Morgan fingerprint density at radius 1 is 0.882 bits per heavy atom. The first kappa shape index (κ1) is 11.7. The SMILES string of the molecule is CCC1(CC)C=CC(=O)C2=C1C(=O)C=CC2=O. The fraction of sp³-hybridized carbons (Fsp3) is 0.357. The van der Waals surface area contributed by atoms with Gasteiger partial charge in [-0.25, -0.2) is 0 Å². The lowest BCUT2D eigenvalue weighted by molar-refractivity contribution is -0.120. The summed E-state index contributed by atoms with van der Waals surface area (Å²) in [6, 6.07) is 0. The molecule has 0 N–H and O–H groups in total. The van der Waals surface area contributed by atoms with Crippen LogP contribution in [0.5, 0.6) is 0 Å². The monoisotopic (exact) mass is 230 g/mol. The highest BCUT2D eigenvalue weighted by Crippen LogP contribution is 2.43. The van der Waals surface area contributed by atoms with Gasteiger partial charge in [0.25, 0.3) is 0 Å². The van der Waals surface area contributed by atoms with E-state index in [9.17, 15) is 14.4 Å². The van der Waals surface area contributed by atoms with Crippen molar-refractivity contribution in [3.05, 3.63) is 35.5 Å². The second-order valence-corrected chi connectivity index (χ2v) is 4.37. The summed E-state index contributed by atoms with van der Waals surface area (Å²) in [5.74, 6) is -0.901. The molecule has 0 amide bonds. The van der Waals surface area contributed by atoms with Crippen LogP contribution in [0.25, 0.3) is 0 Å². The maximum Gasteiger partial charge on any atom is 0.190 e. The Morgan fingerprint density at radius 3 is 2.00 bits per heavy atom. The van der Waals surface area contributed by atoms with Crippen molar-refractivity contribution in [2.75, 3.05) is 0 Å². The van der Waals surface area contributed by atoms with Gasteiger partial charge >= 0.3 is 0 Å². The van der Waals surface area contributed by atoms with Gasteiger partial charge in [0.2, 0.25) is 0 Å². The summed E-state index contributed by atoms with van der Waals surface area (Å²) in [6.07, 6.45) is 7.08. The molecule has 17 heavy (non-hydrogen) atoms. The van der Waals surface area contributed by atoms with Gasteiger partial charge in [-0.1, -0.05) is 19.9 Å². The van der Waals surface area contributed by atoms with Crippen LogP contribution in [0.3, 0.4) is 0 Å². The van der Waals surface area contributed by atoms with Gasteiger partial charge in [0.15, 0.2) is 17.3 Å². The number of carbonyl (C=O) groups is 3. The molecule has 2 aliphatic rings. The third kappa shape index (κ3) is 1.54. The van der Waals surface area contributed by atoms with Crippen molar-refractivity contribution in [2.45, 2.75) is 26.7 Å². The van der Waals surface area contributed by atoms with Crippen LogP contribution < -0.4 is 0 Å². The van der Waals surface area contributed by atoms with E-state index in [0.29, 0.717) is 18.4 Å². The Bertz CT molecular complexity index is 490. The molecule has 0 aromatic heterocycles. The minimum Gasteiger partial charge on any atom is -0.290 e. The Morgan fingerprint density at radius 2 is 1.41 bits per heavy atom. The number of hydrogen-bond acceptors (Lipinski definition) is 3. The molecule has 2 aliphatic carbocycles. The lowest BCUT2D eigenvalue weighted by Crippen LogP contribution is -2.34. The van der Waals surface area contributed by atoms with Crippen LogP contribution in [0.4, 0.5) is 0 Å². The quantitative estimate of drug-likeness (QED) is 0.538. The van der Waals surface area contributed by atoms with Crippen LogP contribution in [0.2, 0.25) is 0 Å². The van der Waals surface area contributed by atoms with Crippen LogP contribution in [0.15, 0.2) is 35.5 Å². The van der Waals surface area contributed by atoms with Gasteiger partial charge in [0.05, 0.1) is 5.57 Å². The highest BCUT2D eigenvalue weighted by Gasteiger charge is 2.41. The first-order valence-corrected chi connectivity index (χ1v) is 5.81. The molecule has 3 nitrogen and oxygen atoms in total. The number of rotatable bonds is 2. The van der Waals surface area contributed by atoms with E-state index in [1.165, 1.54) is 18.2 Å². The van der Waals surface area contributed by atoms with Crippen LogP contribution in [-0.4, -0.2) is 17.3 Å². The van der Waals surface area contributed by atoms with Crippen LogP contribution >= 0.6 is 0 Å². The van der Waals surface area contributed by atoms with Crippen molar-refractivity contribution < 1.29 is 14.4 Å². The molecule has 0 heterocycles. The first-order chi connectivity index (χ1) is 8.05. The molecule has 0 saturated heterocycles. The molecule has 0 aromatic rings. The first-order valence-electron chi connectivity index (χ1n) is 5.81. The molecule has 3 heteroatoms. The molecule has 0 fully saturated rings. The van der Waals surface area contributed by atoms with Crippen molar-refractivity contribution in [3.8, 4) is 0 Å². The van der Waals surface area contributed by atoms with E-state index < -0.39 is 5.41 Å². The summed E-state index contributed by atoms with van der Waals surface area (Å²) in [5.41, 5.74) is 0.00648. The van der Waals surface area contributed by atoms with Gasteiger partial charge in [0, 0.05) is 11.0 Å². The van der Waals surface area contributed by atoms with Gasteiger partial charge < -0.3 is 0 Å². The Labute approximate surface area is 99.9 Å². The highest BCUT2D eigenvalue weighted by molar-refractivity contribution is 6.35. The highest BCUT2D eigenvalue weighted by atomic mass is 16.2. The normalized spacial score (nSPS) is 22.1. The fourth-order valence-electron chi connectivity index (χ4n) is 2.54. The fourth-order valence-corrected chi connectivity index (χ4v) is 2.54. The van der Waals surface area contributed by atoms with E-state index in [2.05, 4.69) is 0 Å². The van der Waals surface area contributed by atoms with Gasteiger partial charge in [-0.3, -0.25) is 14.4 Å². The molecule has 0 atom stereocenters. The molecular formula is C14H14O3. The summed E-state index contributed by atoms with van der Waals surface area (Å²) < 4.78 is 0. The standard InChI is InChI=1S/C14H14O3/c1-3-14(4-2)8-7-10(16)12-9(15)5-6-11(17)13(12)14/h5-8H,3-4H2,1-2H3. The second-order valence-electron chi connectivity index (χ2n) is 4.37. The van der Waals surface area contributed by atoms with Gasteiger partial charge in [0.1, 0.15) is 0 Å². The second kappa shape index (κ2) is 3.91. The van der Waals surface area contributed by atoms with E-state index in [-0.39, 0.29) is 22.9 Å².